The van der Waals surface area contributed by atoms with Crippen LogP contribution < -0.4 is 5.32 Å². The molecule has 0 spiro atoms. The molecule has 0 atom stereocenters. The summed E-state index contributed by atoms with van der Waals surface area (Å²) < 4.78 is 0. The molecule has 1 aromatic carbocycles. The van der Waals surface area contributed by atoms with Crippen molar-refractivity contribution >= 4 is 35.1 Å². The Bertz CT molecular complexity index is 622. The first kappa shape index (κ1) is 15.6. The molecule has 2 saturated carbocycles. The average molecular weight is 342 g/mol. The molecule has 4 nitrogen and oxygen atoms in total. The monoisotopic (exact) mass is 341 g/mol. The number of carbonyl (C=O) groups excluding carboxylic acids is 1. The summed E-state index contributed by atoms with van der Waals surface area (Å²) in [5.41, 5.74) is 0.350. The number of carboxylic acids is 1. The molecule has 0 aliphatic heterocycles. The van der Waals surface area contributed by atoms with Gasteiger partial charge in [-0.15, -0.1) is 0 Å². The van der Waals surface area contributed by atoms with Crippen LogP contribution in [0.3, 0.4) is 0 Å². The van der Waals surface area contributed by atoms with Crippen molar-refractivity contribution in [2.24, 2.45) is 5.92 Å². The fourth-order valence-corrected chi connectivity index (χ4v) is 3.53. The topological polar surface area (TPSA) is 66.4 Å². The molecule has 6 heteroatoms. The van der Waals surface area contributed by atoms with Gasteiger partial charge in [0.1, 0.15) is 0 Å². The van der Waals surface area contributed by atoms with Gasteiger partial charge in [0.2, 0.25) is 5.91 Å². The van der Waals surface area contributed by atoms with Crippen LogP contribution in [-0.2, 0) is 15.0 Å². The number of carbonyl (C=O) groups is 2. The smallest absolute Gasteiger partial charge is 0.306 e. The second-order valence-electron chi connectivity index (χ2n) is 6.24. The van der Waals surface area contributed by atoms with Crippen molar-refractivity contribution in [3.8, 4) is 0 Å². The van der Waals surface area contributed by atoms with Crippen LogP contribution >= 0.6 is 23.2 Å². The fraction of sp³-hybridized carbons (Fsp3) is 0.500. The largest absolute Gasteiger partial charge is 0.481 e. The first-order valence-electron chi connectivity index (χ1n) is 7.42. The second kappa shape index (κ2) is 5.74. The van der Waals surface area contributed by atoms with E-state index in [9.17, 15) is 9.59 Å². The number of carboxylic acid groups (broad SMARTS) is 1. The van der Waals surface area contributed by atoms with Gasteiger partial charge in [0.25, 0.3) is 0 Å². The molecule has 118 valence electrons. The molecule has 0 bridgehead atoms. The molecule has 22 heavy (non-hydrogen) atoms. The molecule has 3 rings (SSSR count). The zero-order valence-electron chi connectivity index (χ0n) is 11.9. The maximum atomic E-state index is 12.7. The van der Waals surface area contributed by atoms with Crippen molar-refractivity contribution in [3.63, 3.8) is 0 Å². The summed E-state index contributed by atoms with van der Waals surface area (Å²) in [4.78, 5) is 23.5. The number of rotatable bonds is 4. The summed E-state index contributed by atoms with van der Waals surface area (Å²) in [6.07, 6.45) is 3.59. The number of amides is 1. The lowest BCUT2D eigenvalue weighted by atomic mass is 9.63. The Kier molecular flexibility index (Phi) is 4.08. The Balaban J connectivity index is 1.71. The molecule has 2 aliphatic rings. The Morgan fingerprint density at radius 2 is 1.86 bits per heavy atom. The van der Waals surface area contributed by atoms with E-state index in [0.717, 1.165) is 24.8 Å². The summed E-state index contributed by atoms with van der Waals surface area (Å²) in [7, 11) is 0. The lowest BCUT2D eigenvalue weighted by molar-refractivity contribution is -0.146. The lowest BCUT2D eigenvalue weighted by Crippen LogP contribution is -2.55. The van der Waals surface area contributed by atoms with E-state index in [-0.39, 0.29) is 17.9 Å². The highest BCUT2D eigenvalue weighted by Crippen LogP contribution is 2.45. The zero-order chi connectivity index (χ0) is 15.9. The first-order valence-corrected chi connectivity index (χ1v) is 8.17. The van der Waals surface area contributed by atoms with Gasteiger partial charge >= 0.3 is 5.97 Å². The van der Waals surface area contributed by atoms with E-state index in [0.29, 0.717) is 22.9 Å². The molecule has 2 fully saturated rings. The van der Waals surface area contributed by atoms with Crippen molar-refractivity contribution in [1.82, 2.24) is 5.32 Å². The predicted molar refractivity (Wildman–Crippen MR) is 84.3 cm³/mol. The third kappa shape index (κ3) is 2.59. The fourth-order valence-electron chi connectivity index (χ4n) is 3.23. The highest BCUT2D eigenvalue weighted by molar-refractivity contribution is 6.42. The van der Waals surface area contributed by atoms with Gasteiger partial charge in [0.15, 0.2) is 0 Å². The van der Waals surface area contributed by atoms with Gasteiger partial charge in [-0.3, -0.25) is 9.59 Å². The third-order valence-electron chi connectivity index (χ3n) is 4.94. The summed E-state index contributed by atoms with van der Waals surface area (Å²) in [5, 5.41) is 12.8. The number of benzene rings is 1. The van der Waals surface area contributed by atoms with E-state index in [1.165, 1.54) is 0 Å². The zero-order valence-corrected chi connectivity index (χ0v) is 13.5. The van der Waals surface area contributed by atoms with E-state index in [1.807, 2.05) is 6.07 Å². The second-order valence-corrected chi connectivity index (χ2v) is 7.06. The summed E-state index contributed by atoms with van der Waals surface area (Å²) in [5.74, 6) is -1.13. The Morgan fingerprint density at radius 1 is 1.18 bits per heavy atom. The van der Waals surface area contributed by atoms with E-state index in [2.05, 4.69) is 5.32 Å². The highest BCUT2D eigenvalue weighted by Gasteiger charge is 2.47. The van der Waals surface area contributed by atoms with Crippen LogP contribution in [0.15, 0.2) is 18.2 Å². The van der Waals surface area contributed by atoms with Crippen LogP contribution in [0, 0.1) is 5.92 Å². The van der Waals surface area contributed by atoms with Gasteiger partial charge in [0.05, 0.1) is 21.4 Å². The van der Waals surface area contributed by atoms with Crippen molar-refractivity contribution in [3.05, 3.63) is 33.8 Å². The summed E-state index contributed by atoms with van der Waals surface area (Å²) in [6, 6.07) is 5.31. The molecule has 1 aromatic rings. The van der Waals surface area contributed by atoms with Crippen molar-refractivity contribution in [2.75, 3.05) is 0 Å². The number of halogens is 2. The first-order chi connectivity index (χ1) is 10.4. The van der Waals surface area contributed by atoms with E-state index in [1.54, 1.807) is 12.1 Å². The maximum Gasteiger partial charge on any atom is 0.306 e. The molecule has 0 aromatic heterocycles. The van der Waals surface area contributed by atoms with E-state index >= 15 is 0 Å². The van der Waals surface area contributed by atoms with Crippen LogP contribution in [0.1, 0.15) is 37.7 Å². The molecular weight excluding hydrogens is 325 g/mol. The van der Waals surface area contributed by atoms with E-state index < -0.39 is 11.4 Å². The van der Waals surface area contributed by atoms with E-state index in [4.69, 9.17) is 28.3 Å². The van der Waals surface area contributed by atoms with Crippen LogP contribution in [-0.4, -0.2) is 23.0 Å². The molecule has 0 saturated heterocycles. The number of aliphatic carboxylic acids is 1. The van der Waals surface area contributed by atoms with Gasteiger partial charge in [-0.05, 0) is 43.4 Å². The average Bonchev–Trinajstić information content (AvgIpc) is 2.35. The van der Waals surface area contributed by atoms with Gasteiger partial charge in [-0.1, -0.05) is 35.7 Å². The number of hydrogen-bond acceptors (Lipinski definition) is 2. The SMILES string of the molecule is O=C(O)C1CC(NC(=O)C2(c3ccc(Cl)c(Cl)c3)CCC2)C1. The van der Waals surface area contributed by atoms with Crippen LogP contribution in [0.2, 0.25) is 10.0 Å². The van der Waals surface area contributed by atoms with Crippen LogP contribution in [0.5, 0.6) is 0 Å². The minimum Gasteiger partial charge on any atom is -0.481 e. The quantitative estimate of drug-likeness (QED) is 0.881. The molecule has 2 N–H and O–H groups in total. The normalized spacial score (nSPS) is 25.7. The Morgan fingerprint density at radius 3 is 2.36 bits per heavy atom. The van der Waals surface area contributed by atoms with Crippen LogP contribution in [0.4, 0.5) is 0 Å². The molecule has 0 heterocycles. The summed E-state index contributed by atoms with van der Waals surface area (Å²) >= 11 is 12.0. The molecule has 0 radical (unpaired) electrons. The lowest BCUT2D eigenvalue weighted by Gasteiger charge is -2.43. The Labute approximate surface area is 138 Å². The number of hydrogen-bond donors (Lipinski definition) is 2. The Hall–Kier alpha value is -1.26. The van der Waals surface area contributed by atoms with Gasteiger partial charge in [-0.2, -0.15) is 0 Å². The standard InChI is InChI=1S/C16H17Cl2NO3/c17-12-3-2-10(8-13(12)18)16(4-1-5-16)15(22)19-11-6-9(7-11)14(20)21/h2-3,8-9,11H,1,4-7H2,(H,19,22)(H,20,21). The predicted octanol–water partition coefficient (Wildman–Crippen LogP) is 3.39. The molecular formula is C16H17Cl2NO3. The minimum atomic E-state index is -0.784. The molecule has 2 aliphatic carbocycles. The van der Waals surface area contributed by atoms with Crippen molar-refractivity contribution in [1.29, 1.82) is 0 Å². The van der Waals surface area contributed by atoms with Gasteiger partial charge in [0, 0.05) is 6.04 Å². The maximum absolute atomic E-state index is 12.7. The summed E-state index contributed by atoms with van der Waals surface area (Å²) in [6.45, 7) is 0. The third-order valence-corrected chi connectivity index (χ3v) is 5.68. The number of nitrogens with one attached hydrogen (secondary N) is 1. The minimum absolute atomic E-state index is 0.0222. The highest BCUT2D eigenvalue weighted by atomic mass is 35.5. The molecule has 1 amide bonds. The van der Waals surface area contributed by atoms with Crippen molar-refractivity contribution < 1.29 is 14.7 Å². The van der Waals surface area contributed by atoms with Crippen LogP contribution in [0.25, 0.3) is 0 Å². The van der Waals surface area contributed by atoms with Crippen molar-refractivity contribution in [2.45, 2.75) is 43.6 Å². The van der Waals surface area contributed by atoms with Gasteiger partial charge < -0.3 is 10.4 Å². The molecule has 0 unspecified atom stereocenters. The van der Waals surface area contributed by atoms with Gasteiger partial charge in [-0.25, -0.2) is 0 Å².